The van der Waals surface area contributed by atoms with Crippen molar-refractivity contribution in [2.45, 2.75) is 38.8 Å². The minimum absolute atomic E-state index is 0.0928. The van der Waals surface area contributed by atoms with Gasteiger partial charge in [0.25, 0.3) is 0 Å². The van der Waals surface area contributed by atoms with E-state index < -0.39 is 0 Å². The van der Waals surface area contributed by atoms with Gasteiger partial charge in [-0.05, 0) is 50.8 Å². The lowest BCUT2D eigenvalue weighted by molar-refractivity contribution is -0.0103. The lowest BCUT2D eigenvalue weighted by Gasteiger charge is -2.50. The van der Waals surface area contributed by atoms with E-state index in [1.54, 1.807) is 0 Å². The van der Waals surface area contributed by atoms with Gasteiger partial charge in [0.1, 0.15) is 0 Å². The van der Waals surface area contributed by atoms with Gasteiger partial charge >= 0.3 is 6.03 Å². The van der Waals surface area contributed by atoms with Gasteiger partial charge in [0.2, 0.25) is 0 Å². The number of fused-ring (bicyclic) bond motifs is 3. The van der Waals surface area contributed by atoms with E-state index in [-0.39, 0.29) is 6.03 Å². The number of carbonyl (C=O) groups is 1. The lowest BCUT2D eigenvalue weighted by Crippen LogP contribution is -2.62. The van der Waals surface area contributed by atoms with Crippen LogP contribution in [0, 0.1) is 12.8 Å². The molecule has 4 saturated heterocycles. The molecule has 0 aromatic carbocycles. The standard InChI is InChI=1S/C19H32N6O/c1-16-13-21-25(14-16)6-2-5-20-19(26)24-11-9-23(10-12-24)18-15-22-7-3-17(18)4-8-22/h13-14,17-18H,2-12,15H2,1H3,(H,20,26). The summed E-state index contributed by atoms with van der Waals surface area (Å²) in [5.41, 5.74) is 1.18. The Balaban J connectivity index is 1.15. The van der Waals surface area contributed by atoms with Crippen LogP contribution in [-0.2, 0) is 6.54 Å². The van der Waals surface area contributed by atoms with Crippen LogP contribution in [0.25, 0.3) is 0 Å². The number of piperazine rings is 1. The van der Waals surface area contributed by atoms with Crippen molar-refractivity contribution in [1.29, 1.82) is 0 Å². The summed E-state index contributed by atoms with van der Waals surface area (Å²) in [5, 5.41) is 7.35. The van der Waals surface area contributed by atoms with E-state index in [1.807, 2.05) is 28.9 Å². The maximum atomic E-state index is 12.4. The number of nitrogens with one attached hydrogen (secondary N) is 1. The zero-order valence-corrected chi connectivity index (χ0v) is 15.9. The van der Waals surface area contributed by atoms with Gasteiger partial charge in [-0.2, -0.15) is 5.10 Å². The number of carbonyl (C=O) groups excluding carboxylic acids is 1. The number of rotatable bonds is 5. The molecule has 0 aliphatic carbocycles. The van der Waals surface area contributed by atoms with Crippen molar-refractivity contribution in [2.24, 2.45) is 5.92 Å². The minimum Gasteiger partial charge on any atom is -0.338 e. The van der Waals surface area contributed by atoms with Gasteiger partial charge in [0, 0.05) is 58.1 Å². The molecule has 4 aliphatic heterocycles. The highest BCUT2D eigenvalue weighted by atomic mass is 16.2. The molecule has 1 aromatic heterocycles. The van der Waals surface area contributed by atoms with Crippen LogP contribution in [0.1, 0.15) is 24.8 Å². The number of piperidine rings is 3. The Morgan fingerprint density at radius 3 is 2.58 bits per heavy atom. The van der Waals surface area contributed by atoms with E-state index in [9.17, 15) is 4.79 Å². The first-order valence-electron chi connectivity index (χ1n) is 10.2. The third kappa shape index (κ3) is 4.04. The first-order valence-corrected chi connectivity index (χ1v) is 10.2. The molecule has 5 rings (SSSR count). The summed E-state index contributed by atoms with van der Waals surface area (Å²) in [5.74, 6) is 0.881. The lowest BCUT2D eigenvalue weighted by atomic mass is 9.83. The van der Waals surface area contributed by atoms with E-state index >= 15 is 0 Å². The van der Waals surface area contributed by atoms with Crippen molar-refractivity contribution < 1.29 is 4.79 Å². The van der Waals surface area contributed by atoms with Crippen LogP contribution in [0.3, 0.4) is 0 Å². The van der Waals surface area contributed by atoms with Crippen molar-refractivity contribution in [3.63, 3.8) is 0 Å². The fourth-order valence-electron chi connectivity index (χ4n) is 4.74. The summed E-state index contributed by atoms with van der Waals surface area (Å²) < 4.78 is 1.94. The Bertz CT molecular complexity index is 601. The number of hydrogen-bond donors (Lipinski definition) is 1. The van der Waals surface area contributed by atoms with E-state index in [2.05, 4.69) is 20.2 Å². The largest absolute Gasteiger partial charge is 0.338 e. The molecule has 1 unspecified atom stereocenters. The molecule has 2 bridgehead atoms. The third-order valence-electron chi connectivity index (χ3n) is 6.29. The van der Waals surface area contributed by atoms with Crippen LogP contribution >= 0.6 is 0 Å². The van der Waals surface area contributed by atoms with Crippen molar-refractivity contribution in [3.05, 3.63) is 18.0 Å². The Hall–Kier alpha value is -1.60. The highest BCUT2D eigenvalue weighted by Gasteiger charge is 2.38. The summed E-state index contributed by atoms with van der Waals surface area (Å²) in [6, 6.07) is 0.815. The molecular formula is C19H32N6O. The first kappa shape index (κ1) is 17.8. The molecule has 26 heavy (non-hydrogen) atoms. The van der Waals surface area contributed by atoms with Crippen molar-refractivity contribution >= 4 is 6.03 Å². The predicted octanol–water partition coefficient (Wildman–Crippen LogP) is 1.00. The van der Waals surface area contributed by atoms with Gasteiger partial charge in [-0.1, -0.05) is 0 Å². The summed E-state index contributed by atoms with van der Waals surface area (Å²) in [4.78, 5) is 19.6. The molecule has 1 N–H and O–H groups in total. The Morgan fingerprint density at radius 2 is 1.96 bits per heavy atom. The second-order valence-electron chi connectivity index (χ2n) is 8.09. The zero-order chi connectivity index (χ0) is 17.9. The summed E-state index contributed by atoms with van der Waals surface area (Å²) >= 11 is 0. The fourth-order valence-corrected chi connectivity index (χ4v) is 4.74. The van der Waals surface area contributed by atoms with Crippen molar-refractivity contribution in [1.82, 2.24) is 29.8 Å². The number of nitrogens with zero attached hydrogens (tertiary/aromatic N) is 5. The summed E-state index contributed by atoms with van der Waals surface area (Å²) in [7, 11) is 0. The quantitative estimate of drug-likeness (QED) is 0.796. The third-order valence-corrected chi connectivity index (χ3v) is 6.29. The second kappa shape index (κ2) is 7.96. The van der Waals surface area contributed by atoms with Gasteiger partial charge in [-0.3, -0.25) is 9.58 Å². The molecule has 5 heterocycles. The molecule has 0 radical (unpaired) electrons. The summed E-state index contributed by atoms with van der Waals surface area (Å²) in [6.45, 7) is 11.2. The smallest absolute Gasteiger partial charge is 0.317 e. The van der Waals surface area contributed by atoms with Gasteiger partial charge in [-0.15, -0.1) is 0 Å². The molecule has 0 spiro atoms. The van der Waals surface area contributed by atoms with Gasteiger partial charge in [0.05, 0.1) is 6.20 Å². The maximum Gasteiger partial charge on any atom is 0.317 e. The van der Waals surface area contributed by atoms with Crippen LogP contribution < -0.4 is 5.32 Å². The average molecular weight is 361 g/mol. The van der Waals surface area contributed by atoms with Crippen LogP contribution in [0.5, 0.6) is 0 Å². The molecule has 144 valence electrons. The van der Waals surface area contributed by atoms with Crippen molar-refractivity contribution in [2.75, 3.05) is 52.4 Å². The van der Waals surface area contributed by atoms with E-state index in [0.717, 1.165) is 51.1 Å². The van der Waals surface area contributed by atoms with Gasteiger partial charge in [0.15, 0.2) is 0 Å². The van der Waals surface area contributed by atoms with Crippen LogP contribution in [0.2, 0.25) is 0 Å². The normalized spacial score (nSPS) is 29.1. The predicted molar refractivity (Wildman–Crippen MR) is 101 cm³/mol. The first-order chi connectivity index (χ1) is 12.7. The molecule has 4 fully saturated rings. The Labute approximate surface area is 156 Å². The topological polar surface area (TPSA) is 56.6 Å². The number of aromatic nitrogens is 2. The van der Waals surface area contributed by atoms with E-state index in [0.29, 0.717) is 6.54 Å². The van der Waals surface area contributed by atoms with Gasteiger partial charge < -0.3 is 15.1 Å². The van der Waals surface area contributed by atoms with Crippen molar-refractivity contribution in [3.8, 4) is 0 Å². The number of urea groups is 1. The molecule has 1 aromatic rings. The molecule has 1 atom stereocenters. The van der Waals surface area contributed by atoms with Gasteiger partial charge in [-0.25, -0.2) is 4.79 Å². The van der Waals surface area contributed by atoms with Crippen LogP contribution in [-0.4, -0.2) is 88.9 Å². The molecule has 2 amide bonds. The Morgan fingerprint density at radius 1 is 1.19 bits per heavy atom. The molecular weight excluding hydrogens is 328 g/mol. The molecule has 7 nitrogen and oxygen atoms in total. The molecule has 0 saturated carbocycles. The Kier molecular flexibility index (Phi) is 5.45. The van der Waals surface area contributed by atoms with E-state index in [1.165, 1.54) is 38.0 Å². The monoisotopic (exact) mass is 360 g/mol. The zero-order valence-electron chi connectivity index (χ0n) is 15.9. The number of hydrogen-bond acceptors (Lipinski definition) is 4. The second-order valence-corrected chi connectivity index (χ2v) is 8.09. The highest BCUT2D eigenvalue weighted by Crippen LogP contribution is 2.31. The maximum absolute atomic E-state index is 12.4. The summed E-state index contributed by atoms with van der Waals surface area (Å²) in [6.07, 6.45) is 7.54. The average Bonchev–Trinajstić information content (AvgIpc) is 3.11. The highest BCUT2D eigenvalue weighted by molar-refractivity contribution is 5.74. The number of amides is 2. The minimum atomic E-state index is 0.0928. The molecule has 7 heteroatoms. The number of aryl methyl sites for hydroxylation is 2. The molecule has 4 aliphatic rings. The van der Waals surface area contributed by atoms with Crippen LogP contribution in [0.15, 0.2) is 12.4 Å². The van der Waals surface area contributed by atoms with E-state index in [4.69, 9.17) is 0 Å². The van der Waals surface area contributed by atoms with Crippen LogP contribution in [0.4, 0.5) is 4.79 Å². The fraction of sp³-hybridized carbons (Fsp3) is 0.789. The SMILES string of the molecule is Cc1cnn(CCCNC(=O)N2CCN(C3CN4CCC3CC4)CC2)c1.